The number of ether oxygens (including phenoxy) is 2. The molecule has 2 amide bonds. The van der Waals surface area contributed by atoms with Crippen molar-refractivity contribution in [2.75, 3.05) is 26.1 Å². The van der Waals surface area contributed by atoms with E-state index in [1.807, 2.05) is 6.92 Å². The van der Waals surface area contributed by atoms with Gasteiger partial charge in [0.05, 0.1) is 31.9 Å². The monoisotopic (exact) mass is 356 g/mol. The number of nitrogens with one attached hydrogen (secondary N) is 2. The third-order valence-electron chi connectivity index (χ3n) is 3.79. The van der Waals surface area contributed by atoms with Gasteiger partial charge >= 0.3 is 0 Å². The molecular formula is C20H24N2O4. The molecule has 0 atom stereocenters. The lowest BCUT2D eigenvalue weighted by Gasteiger charge is -2.12. The van der Waals surface area contributed by atoms with E-state index in [0.717, 1.165) is 12.0 Å². The van der Waals surface area contributed by atoms with E-state index in [4.69, 9.17) is 9.47 Å². The van der Waals surface area contributed by atoms with Gasteiger partial charge in [0.1, 0.15) is 0 Å². The Bertz CT molecular complexity index is 774. The molecule has 0 radical (unpaired) electrons. The zero-order valence-corrected chi connectivity index (χ0v) is 15.3. The summed E-state index contributed by atoms with van der Waals surface area (Å²) in [7, 11) is 3.11. The van der Waals surface area contributed by atoms with Gasteiger partial charge < -0.3 is 20.1 Å². The van der Waals surface area contributed by atoms with Crippen molar-refractivity contribution in [1.82, 2.24) is 5.32 Å². The van der Waals surface area contributed by atoms with Crippen LogP contribution in [0.3, 0.4) is 0 Å². The van der Waals surface area contributed by atoms with Crippen LogP contribution in [0.1, 0.15) is 29.3 Å². The minimum atomic E-state index is -0.215. The molecule has 0 saturated carbocycles. The van der Waals surface area contributed by atoms with Crippen LogP contribution in [0.2, 0.25) is 0 Å². The first kappa shape index (κ1) is 19.3. The number of carbonyl (C=O) groups is 2. The van der Waals surface area contributed by atoms with E-state index in [-0.39, 0.29) is 18.2 Å². The quantitative estimate of drug-likeness (QED) is 0.762. The summed E-state index contributed by atoms with van der Waals surface area (Å²) in [6.45, 7) is 2.57. The molecule has 138 valence electrons. The SMILES string of the molecule is CCCNC(=O)c1ccccc1NC(=O)Cc1ccc(OC)c(OC)c1. The molecule has 2 N–H and O–H groups in total. The van der Waals surface area contributed by atoms with Crippen LogP contribution < -0.4 is 20.1 Å². The third-order valence-corrected chi connectivity index (χ3v) is 3.79. The summed E-state index contributed by atoms with van der Waals surface area (Å²) >= 11 is 0. The second-order valence-electron chi connectivity index (χ2n) is 5.72. The molecule has 2 rings (SSSR count). The van der Waals surface area contributed by atoms with Crippen LogP contribution >= 0.6 is 0 Å². The van der Waals surface area contributed by atoms with E-state index in [2.05, 4.69) is 10.6 Å². The molecule has 0 aromatic heterocycles. The molecule has 0 spiro atoms. The molecule has 0 unspecified atom stereocenters. The smallest absolute Gasteiger partial charge is 0.253 e. The van der Waals surface area contributed by atoms with E-state index in [0.29, 0.717) is 29.3 Å². The first-order valence-corrected chi connectivity index (χ1v) is 8.47. The van der Waals surface area contributed by atoms with Crippen molar-refractivity contribution in [3.63, 3.8) is 0 Å². The van der Waals surface area contributed by atoms with E-state index in [1.54, 1.807) is 56.7 Å². The van der Waals surface area contributed by atoms with E-state index >= 15 is 0 Å². The predicted octanol–water partition coefficient (Wildman–Crippen LogP) is 3.02. The fraction of sp³-hybridized carbons (Fsp3) is 0.300. The lowest BCUT2D eigenvalue weighted by atomic mass is 10.1. The zero-order valence-electron chi connectivity index (χ0n) is 15.3. The standard InChI is InChI=1S/C20H24N2O4/c1-4-11-21-20(24)15-7-5-6-8-16(15)22-19(23)13-14-9-10-17(25-2)18(12-14)26-3/h5-10,12H,4,11,13H2,1-3H3,(H,21,24)(H,22,23). The summed E-state index contributed by atoms with van der Waals surface area (Å²) in [5.41, 5.74) is 1.72. The lowest BCUT2D eigenvalue weighted by Crippen LogP contribution is -2.26. The van der Waals surface area contributed by atoms with Crippen LogP contribution in [0, 0.1) is 0 Å². The molecule has 0 aliphatic heterocycles. The Morgan fingerprint density at radius 2 is 1.73 bits per heavy atom. The lowest BCUT2D eigenvalue weighted by molar-refractivity contribution is -0.115. The normalized spacial score (nSPS) is 10.1. The second kappa shape index (κ2) is 9.46. The predicted molar refractivity (Wildman–Crippen MR) is 101 cm³/mol. The Balaban J connectivity index is 2.10. The van der Waals surface area contributed by atoms with E-state index in [1.165, 1.54) is 0 Å². The highest BCUT2D eigenvalue weighted by molar-refractivity contribution is 6.04. The summed E-state index contributed by atoms with van der Waals surface area (Å²) in [4.78, 5) is 24.6. The van der Waals surface area contributed by atoms with Gasteiger partial charge in [0.25, 0.3) is 5.91 Å². The molecule has 0 aliphatic rings. The highest BCUT2D eigenvalue weighted by Gasteiger charge is 2.13. The first-order valence-electron chi connectivity index (χ1n) is 8.47. The number of anilines is 1. The summed E-state index contributed by atoms with van der Waals surface area (Å²) < 4.78 is 10.5. The van der Waals surface area contributed by atoms with Crippen molar-refractivity contribution in [2.24, 2.45) is 0 Å². The Hall–Kier alpha value is -3.02. The Labute approximate surface area is 153 Å². The highest BCUT2D eigenvalue weighted by atomic mass is 16.5. The minimum Gasteiger partial charge on any atom is -0.493 e. The van der Waals surface area contributed by atoms with Crippen LogP contribution in [0.4, 0.5) is 5.69 Å². The number of hydrogen-bond acceptors (Lipinski definition) is 4. The van der Waals surface area contributed by atoms with Gasteiger partial charge in [-0.2, -0.15) is 0 Å². The number of hydrogen-bond donors (Lipinski definition) is 2. The Morgan fingerprint density at radius 1 is 1.00 bits per heavy atom. The van der Waals surface area contributed by atoms with Crippen molar-refractivity contribution in [3.8, 4) is 11.5 Å². The van der Waals surface area contributed by atoms with Crippen LogP contribution in [0.15, 0.2) is 42.5 Å². The molecular weight excluding hydrogens is 332 g/mol. The average Bonchev–Trinajstić information content (AvgIpc) is 2.66. The maximum Gasteiger partial charge on any atom is 0.253 e. The number of methoxy groups -OCH3 is 2. The van der Waals surface area contributed by atoms with Gasteiger partial charge in [0, 0.05) is 6.54 Å². The van der Waals surface area contributed by atoms with Gasteiger partial charge in [-0.25, -0.2) is 0 Å². The summed E-state index contributed by atoms with van der Waals surface area (Å²) in [6, 6.07) is 12.3. The molecule has 2 aromatic carbocycles. The van der Waals surface area contributed by atoms with Crippen molar-refractivity contribution in [2.45, 2.75) is 19.8 Å². The summed E-state index contributed by atoms with van der Waals surface area (Å²) in [5.74, 6) is 0.758. The largest absolute Gasteiger partial charge is 0.493 e. The number of carbonyl (C=O) groups excluding carboxylic acids is 2. The highest BCUT2D eigenvalue weighted by Crippen LogP contribution is 2.27. The fourth-order valence-corrected chi connectivity index (χ4v) is 2.49. The number of rotatable bonds is 8. The van der Waals surface area contributed by atoms with E-state index < -0.39 is 0 Å². The van der Waals surface area contributed by atoms with Crippen molar-refractivity contribution in [3.05, 3.63) is 53.6 Å². The molecule has 0 bridgehead atoms. The average molecular weight is 356 g/mol. The van der Waals surface area contributed by atoms with Gasteiger partial charge in [-0.15, -0.1) is 0 Å². The Morgan fingerprint density at radius 3 is 2.42 bits per heavy atom. The van der Waals surface area contributed by atoms with Crippen molar-refractivity contribution >= 4 is 17.5 Å². The molecule has 0 saturated heterocycles. The van der Waals surface area contributed by atoms with Gasteiger partial charge in [-0.1, -0.05) is 25.1 Å². The number of para-hydroxylation sites is 1. The maximum atomic E-state index is 12.4. The second-order valence-corrected chi connectivity index (χ2v) is 5.72. The molecule has 0 aliphatic carbocycles. The van der Waals surface area contributed by atoms with Gasteiger partial charge in [-0.3, -0.25) is 9.59 Å². The van der Waals surface area contributed by atoms with Crippen LogP contribution in [-0.2, 0) is 11.2 Å². The fourth-order valence-electron chi connectivity index (χ4n) is 2.49. The van der Waals surface area contributed by atoms with Gasteiger partial charge in [0.15, 0.2) is 11.5 Å². The van der Waals surface area contributed by atoms with Gasteiger partial charge in [-0.05, 0) is 36.2 Å². The molecule has 26 heavy (non-hydrogen) atoms. The van der Waals surface area contributed by atoms with Gasteiger partial charge in [0.2, 0.25) is 5.91 Å². The number of amides is 2. The zero-order chi connectivity index (χ0) is 18.9. The van der Waals surface area contributed by atoms with Crippen LogP contribution in [0.5, 0.6) is 11.5 Å². The Kier molecular flexibility index (Phi) is 7.02. The summed E-state index contributed by atoms with van der Waals surface area (Å²) in [5, 5.41) is 5.63. The third kappa shape index (κ3) is 4.99. The van der Waals surface area contributed by atoms with E-state index in [9.17, 15) is 9.59 Å². The van der Waals surface area contributed by atoms with Crippen LogP contribution in [0.25, 0.3) is 0 Å². The number of benzene rings is 2. The minimum absolute atomic E-state index is 0.158. The van der Waals surface area contributed by atoms with Crippen molar-refractivity contribution in [1.29, 1.82) is 0 Å². The topological polar surface area (TPSA) is 76.7 Å². The van der Waals surface area contributed by atoms with Crippen LogP contribution in [-0.4, -0.2) is 32.6 Å². The maximum absolute atomic E-state index is 12.4. The molecule has 0 heterocycles. The molecule has 6 heteroatoms. The summed E-state index contributed by atoms with van der Waals surface area (Å²) in [6.07, 6.45) is 1.00. The molecule has 2 aromatic rings. The first-order chi connectivity index (χ1) is 12.6. The molecule has 0 fully saturated rings. The molecule has 6 nitrogen and oxygen atoms in total. The van der Waals surface area contributed by atoms with Crippen molar-refractivity contribution < 1.29 is 19.1 Å².